The first-order valence-electron chi connectivity index (χ1n) is 8.06. The molecule has 2 nitrogen and oxygen atoms in total. The first-order valence-corrected chi connectivity index (χ1v) is 8.44. The lowest BCUT2D eigenvalue weighted by Gasteiger charge is -2.20. The van der Waals surface area contributed by atoms with Gasteiger partial charge >= 0.3 is 0 Å². The molecule has 0 bridgehead atoms. The highest BCUT2D eigenvalue weighted by Crippen LogP contribution is 2.26. The van der Waals surface area contributed by atoms with Crippen LogP contribution in [0.5, 0.6) is 5.75 Å². The van der Waals surface area contributed by atoms with Crippen LogP contribution >= 0.6 is 24.0 Å². The SMILES string of the molecule is CN(C/C=C/c1ccccc1Cl)Cc1ccc2c(c1)OCCC2.Cl. The average Bonchev–Trinajstić information content (AvgIpc) is 2.56. The summed E-state index contributed by atoms with van der Waals surface area (Å²) in [5.74, 6) is 1.06. The minimum atomic E-state index is 0. The number of halogens is 2. The molecule has 0 aromatic heterocycles. The molecule has 4 heteroatoms. The Kier molecular flexibility index (Phi) is 7.16. The molecule has 24 heavy (non-hydrogen) atoms. The first-order chi connectivity index (χ1) is 11.2. The van der Waals surface area contributed by atoms with E-state index in [1.807, 2.05) is 24.3 Å². The van der Waals surface area contributed by atoms with Gasteiger partial charge in [-0.3, -0.25) is 4.90 Å². The molecule has 2 aromatic rings. The molecule has 0 N–H and O–H groups in total. The smallest absolute Gasteiger partial charge is 0.122 e. The fraction of sp³-hybridized carbons (Fsp3) is 0.300. The van der Waals surface area contributed by atoms with Gasteiger partial charge in [0, 0.05) is 18.1 Å². The summed E-state index contributed by atoms with van der Waals surface area (Å²) in [6, 6.07) is 14.5. The molecule has 1 aliphatic rings. The predicted octanol–water partition coefficient (Wildman–Crippen LogP) is 5.23. The van der Waals surface area contributed by atoms with Gasteiger partial charge in [0.25, 0.3) is 0 Å². The molecule has 0 saturated carbocycles. The third-order valence-corrected chi connectivity index (χ3v) is 4.40. The molecule has 0 saturated heterocycles. The summed E-state index contributed by atoms with van der Waals surface area (Å²) in [5, 5.41) is 0.790. The lowest BCUT2D eigenvalue weighted by atomic mass is 10.0. The number of fused-ring (bicyclic) bond motifs is 1. The topological polar surface area (TPSA) is 12.5 Å². The second-order valence-electron chi connectivity index (χ2n) is 6.01. The van der Waals surface area contributed by atoms with Crippen molar-refractivity contribution in [1.82, 2.24) is 4.90 Å². The number of hydrogen-bond acceptors (Lipinski definition) is 2. The molecule has 0 amide bonds. The van der Waals surface area contributed by atoms with E-state index in [1.165, 1.54) is 11.1 Å². The highest BCUT2D eigenvalue weighted by Gasteiger charge is 2.11. The molecule has 0 atom stereocenters. The second kappa shape index (κ2) is 9.12. The largest absolute Gasteiger partial charge is 0.493 e. The summed E-state index contributed by atoms with van der Waals surface area (Å²) in [5.41, 5.74) is 3.69. The summed E-state index contributed by atoms with van der Waals surface area (Å²) in [6.45, 7) is 2.62. The van der Waals surface area contributed by atoms with E-state index in [2.05, 4.69) is 42.3 Å². The maximum Gasteiger partial charge on any atom is 0.122 e. The number of nitrogens with zero attached hydrogens (tertiary/aromatic N) is 1. The van der Waals surface area contributed by atoms with Crippen LogP contribution in [-0.4, -0.2) is 25.1 Å². The quantitative estimate of drug-likeness (QED) is 0.720. The van der Waals surface area contributed by atoms with E-state index < -0.39 is 0 Å². The summed E-state index contributed by atoms with van der Waals surface area (Å²) in [7, 11) is 2.12. The van der Waals surface area contributed by atoms with E-state index in [9.17, 15) is 0 Å². The number of likely N-dealkylation sites (N-methyl/N-ethyl adjacent to an activating group) is 1. The van der Waals surface area contributed by atoms with E-state index in [1.54, 1.807) is 0 Å². The highest BCUT2D eigenvalue weighted by atomic mass is 35.5. The van der Waals surface area contributed by atoms with Gasteiger partial charge in [0.05, 0.1) is 6.61 Å². The fourth-order valence-corrected chi connectivity index (χ4v) is 3.03. The molecule has 2 aromatic carbocycles. The van der Waals surface area contributed by atoms with Crippen LogP contribution in [0.25, 0.3) is 6.08 Å². The zero-order valence-corrected chi connectivity index (χ0v) is 15.4. The molecule has 0 fully saturated rings. The standard InChI is InChI=1S/C20H22ClNO.ClH/c1-22(12-4-7-17-6-2-3-9-19(17)21)15-16-10-11-18-8-5-13-23-20(18)14-16;/h2-4,6-7,9-11,14H,5,8,12-13,15H2,1H3;1H/b7-4+;. The van der Waals surface area contributed by atoms with Crippen LogP contribution in [0.15, 0.2) is 48.5 Å². The Bertz CT molecular complexity index is 700. The molecule has 1 aliphatic heterocycles. The minimum absolute atomic E-state index is 0. The molecule has 0 radical (unpaired) electrons. The Labute approximate surface area is 155 Å². The van der Waals surface area contributed by atoms with Crippen LogP contribution in [0.2, 0.25) is 5.02 Å². The van der Waals surface area contributed by atoms with Crippen molar-refractivity contribution < 1.29 is 4.74 Å². The van der Waals surface area contributed by atoms with Gasteiger partial charge in [0.2, 0.25) is 0 Å². The lowest BCUT2D eigenvalue weighted by Crippen LogP contribution is -2.18. The molecule has 128 valence electrons. The fourth-order valence-electron chi connectivity index (χ4n) is 2.83. The van der Waals surface area contributed by atoms with Gasteiger partial charge in [0.15, 0.2) is 0 Å². The zero-order valence-electron chi connectivity index (χ0n) is 13.9. The van der Waals surface area contributed by atoms with Crippen LogP contribution in [0.1, 0.15) is 23.1 Å². The maximum atomic E-state index is 6.16. The van der Waals surface area contributed by atoms with Crippen LogP contribution in [0.4, 0.5) is 0 Å². The molecular weight excluding hydrogens is 341 g/mol. The number of hydrogen-bond donors (Lipinski definition) is 0. The Morgan fingerprint density at radius 3 is 2.88 bits per heavy atom. The van der Waals surface area contributed by atoms with E-state index in [4.69, 9.17) is 16.3 Å². The van der Waals surface area contributed by atoms with Gasteiger partial charge in [-0.25, -0.2) is 0 Å². The van der Waals surface area contributed by atoms with Gasteiger partial charge in [-0.15, -0.1) is 12.4 Å². The summed E-state index contributed by atoms with van der Waals surface area (Å²) in [4.78, 5) is 2.28. The average molecular weight is 364 g/mol. The third kappa shape index (κ3) is 5.01. The monoisotopic (exact) mass is 363 g/mol. The van der Waals surface area contributed by atoms with Crippen molar-refractivity contribution in [2.45, 2.75) is 19.4 Å². The molecular formula is C20H23Cl2NO. The van der Waals surface area contributed by atoms with Crippen molar-refractivity contribution >= 4 is 30.1 Å². The summed E-state index contributed by atoms with van der Waals surface area (Å²) >= 11 is 6.16. The van der Waals surface area contributed by atoms with E-state index in [0.29, 0.717) is 0 Å². The summed E-state index contributed by atoms with van der Waals surface area (Å²) in [6.07, 6.45) is 6.48. The third-order valence-electron chi connectivity index (χ3n) is 4.05. The Morgan fingerprint density at radius 2 is 2.04 bits per heavy atom. The molecule has 0 aliphatic carbocycles. The van der Waals surface area contributed by atoms with Gasteiger partial charge in [-0.2, -0.15) is 0 Å². The van der Waals surface area contributed by atoms with Gasteiger partial charge in [0.1, 0.15) is 5.75 Å². The first kappa shape index (κ1) is 18.9. The Balaban J connectivity index is 0.00000208. The normalized spacial score (nSPS) is 13.5. The highest BCUT2D eigenvalue weighted by molar-refractivity contribution is 6.32. The van der Waals surface area contributed by atoms with Crippen molar-refractivity contribution in [3.63, 3.8) is 0 Å². The number of benzene rings is 2. The van der Waals surface area contributed by atoms with Crippen molar-refractivity contribution in [1.29, 1.82) is 0 Å². The van der Waals surface area contributed by atoms with Gasteiger partial charge in [-0.05, 0) is 48.7 Å². The molecule has 1 heterocycles. The van der Waals surface area contributed by atoms with Crippen LogP contribution in [0.3, 0.4) is 0 Å². The van der Waals surface area contributed by atoms with Gasteiger partial charge < -0.3 is 4.74 Å². The Morgan fingerprint density at radius 1 is 1.21 bits per heavy atom. The lowest BCUT2D eigenvalue weighted by molar-refractivity contribution is 0.287. The van der Waals surface area contributed by atoms with Crippen LogP contribution in [0, 0.1) is 0 Å². The van der Waals surface area contributed by atoms with Crippen molar-refractivity contribution in [3.8, 4) is 5.75 Å². The zero-order chi connectivity index (χ0) is 16.1. The number of ether oxygens (including phenoxy) is 1. The van der Waals surface area contributed by atoms with E-state index in [0.717, 1.165) is 48.9 Å². The summed E-state index contributed by atoms with van der Waals surface area (Å²) < 4.78 is 5.75. The van der Waals surface area contributed by atoms with Gasteiger partial charge in [-0.1, -0.05) is 54.1 Å². The minimum Gasteiger partial charge on any atom is -0.493 e. The number of aryl methyl sites for hydroxylation is 1. The molecule has 3 rings (SSSR count). The molecule has 0 spiro atoms. The van der Waals surface area contributed by atoms with Crippen molar-refractivity contribution in [2.24, 2.45) is 0 Å². The van der Waals surface area contributed by atoms with E-state index >= 15 is 0 Å². The van der Waals surface area contributed by atoms with Crippen molar-refractivity contribution in [2.75, 3.05) is 20.2 Å². The Hall–Kier alpha value is -1.48. The molecule has 0 unspecified atom stereocenters. The van der Waals surface area contributed by atoms with Crippen LogP contribution < -0.4 is 4.74 Å². The number of rotatable bonds is 5. The van der Waals surface area contributed by atoms with Crippen molar-refractivity contribution in [3.05, 3.63) is 70.3 Å². The second-order valence-corrected chi connectivity index (χ2v) is 6.42. The van der Waals surface area contributed by atoms with Crippen LogP contribution in [-0.2, 0) is 13.0 Å². The predicted molar refractivity (Wildman–Crippen MR) is 104 cm³/mol. The maximum absolute atomic E-state index is 6.16. The van der Waals surface area contributed by atoms with E-state index in [-0.39, 0.29) is 12.4 Å².